The zero-order valence-corrected chi connectivity index (χ0v) is 20.9. The number of hydroxylamine groups is 1. The molecule has 0 aliphatic heterocycles. The van der Waals surface area contributed by atoms with Crippen LogP contribution in [0.15, 0.2) is 60.7 Å². The maximum atomic E-state index is 12.5. The first-order chi connectivity index (χ1) is 18.4. The highest BCUT2D eigenvalue weighted by atomic mass is 16.5. The van der Waals surface area contributed by atoms with Crippen molar-refractivity contribution >= 4 is 35.7 Å². The summed E-state index contributed by atoms with van der Waals surface area (Å²) in [6.07, 6.45) is 0.548. The molecule has 2 atom stereocenters. The van der Waals surface area contributed by atoms with E-state index in [4.69, 9.17) is 14.7 Å². The van der Waals surface area contributed by atoms with Crippen molar-refractivity contribution in [2.75, 3.05) is 36.7 Å². The fraction of sp³-hybridized carbons (Fsp3) is 0.280. The lowest BCUT2D eigenvalue weighted by molar-refractivity contribution is -0.142. The highest BCUT2D eigenvalue weighted by molar-refractivity contribution is 5.81. The molecular formula is C25H29N7O6. The molecule has 2 aromatic carbocycles. The molecule has 0 saturated carbocycles. The average molecular weight is 524 g/mol. The van der Waals surface area contributed by atoms with E-state index in [0.29, 0.717) is 0 Å². The van der Waals surface area contributed by atoms with Gasteiger partial charge in [0.15, 0.2) is 0 Å². The third-order valence-corrected chi connectivity index (χ3v) is 5.31. The minimum atomic E-state index is -0.855. The van der Waals surface area contributed by atoms with Gasteiger partial charge in [0.05, 0.1) is 20.8 Å². The zero-order chi connectivity index (χ0) is 27.3. The van der Waals surface area contributed by atoms with E-state index in [9.17, 15) is 14.4 Å². The third-order valence-electron chi connectivity index (χ3n) is 5.31. The summed E-state index contributed by atoms with van der Waals surface area (Å²) in [6.45, 7) is -0.353. The van der Waals surface area contributed by atoms with Crippen LogP contribution in [0, 0.1) is 0 Å². The summed E-state index contributed by atoms with van der Waals surface area (Å²) < 4.78 is 9.88. The fourth-order valence-electron chi connectivity index (χ4n) is 3.47. The highest BCUT2D eigenvalue weighted by Gasteiger charge is 2.24. The molecule has 0 fully saturated rings. The molecule has 1 aromatic heterocycles. The van der Waals surface area contributed by atoms with Crippen molar-refractivity contribution in [1.82, 2.24) is 20.4 Å². The molecule has 0 bridgehead atoms. The molecule has 38 heavy (non-hydrogen) atoms. The monoisotopic (exact) mass is 523 g/mol. The molecule has 0 saturated heterocycles. The largest absolute Gasteiger partial charge is 0.467 e. The van der Waals surface area contributed by atoms with Crippen LogP contribution in [0.25, 0.3) is 0 Å². The van der Waals surface area contributed by atoms with E-state index in [1.54, 1.807) is 0 Å². The Morgan fingerprint density at radius 3 is 1.55 bits per heavy atom. The first-order valence-corrected chi connectivity index (χ1v) is 11.6. The Morgan fingerprint density at radius 1 is 0.737 bits per heavy atom. The van der Waals surface area contributed by atoms with Gasteiger partial charge >= 0.3 is 11.9 Å². The number of esters is 2. The van der Waals surface area contributed by atoms with Crippen molar-refractivity contribution in [2.45, 2.75) is 24.9 Å². The molecule has 1 heterocycles. The molecule has 0 aliphatic carbocycles. The molecule has 13 heteroatoms. The second-order valence-electron chi connectivity index (χ2n) is 8.01. The van der Waals surface area contributed by atoms with Crippen LogP contribution in [0.5, 0.6) is 0 Å². The number of ether oxygens (including phenoxy) is 2. The molecule has 3 rings (SSSR count). The Hall–Kier alpha value is -4.78. The van der Waals surface area contributed by atoms with Gasteiger partial charge in [0, 0.05) is 12.8 Å². The number of aromatic nitrogens is 3. The normalized spacial score (nSPS) is 12.0. The minimum Gasteiger partial charge on any atom is -0.467 e. The Labute approximate surface area is 219 Å². The van der Waals surface area contributed by atoms with Gasteiger partial charge in [-0.3, -0.25) is 10.0 Å². The number of benzene rings is 2. The number of carbonyl (C=O) groups is 3. The molecule has 13 nitrogen and oxygen atoms in total. The van der Waals surface area contributed by atoms with Crippen LogP contribution in [0.4, 0.5) is 17.8 Å². The summed E-state index contributed by atoms with van der Waals surface area (Å²) in [5.74, 6) is -1.93. The number of methoxy groups -OCH3 is 2. The van der Waals surface area contributed by atoms with E-state index in [1.807, 2.05) is 60.7 Å². The quantitative estimate of drug-likeness (QED) is 0.123. The number of nitrogens with zero attached hydrogens (tertiary/aromatic N) is 3. The number of carbonyl (C=O) groups excluding carboxylic acids is 3. The molecule has 5 N–H and O–H groups in total. The Balaban J connectivity index is 1.90. The molecule has 0 spiro atoms. The number of anilines is 3. The van der Waals surface area contributed by atoms with Gasteiger partial charge in [-0.05, 0) is 11.1 Å². The molecule has 0 aliphatic rings. The standard InChI is InChI=1S/C25H29N7O6/c1-37-21(34)18(13-16-9-5-3-6-10-16)27-24-29-23(26-15-20(33)32-36)30-25(31-24)28-19(22(35)38-2)14-17-11-7-4-8-12-17/h3-12,18-19,36H,13-15H2,1-2H3,(H,32,33)(H3,26,27,28,29,30,31)/t18-,19+. The molecule has 0 radical (unpaired) electrons. The van der Waals surface area contributed by atoms with Crippen LogP contribution in [0.2, 0.25) is 0 Å². The topological polar surface area (TPSA) is 177 Å². The third kappa shape index (κ3) is 8.41. The summed E-state index contributed by atoms with van der Waals surface area (Å²) in [5.41, 5.74) is 3.24. The Morgan fingerprint density at radius 2 is 1.16 bits per heavy atom. The molecular weight excluding hydrogens is 494 g/mol. The average Bonchev–Trinajstić information content (AvgIpc) is 2.95. The van der Waals surface area contributed by atoms with Gasteiger partial charge < -0.3 is 25.4 Å². The molecule has 0 unspecified atom stereocenters. The fourth-order valence-corrected chi connectivity index (χ4v) is 3.47. The van der Waals surface area contributed by atoms with Gasteiger partial charge in [-0.1, -0.05) is 60.7 Å². The number of hydrogen-bond donors (Lipinski definition) is 5. The summed E-state index contributed by atoms with van der Waals surface area (Å²) in [7, 11) is 2.54. The molecule has 3 aromatic rings. The van der Waals surface area contributed by atoms with Crippen LogP contribution in [-0.2, 0) is 36.7 Å². The van der Waals surface area contributed by atoms with Gasteiger partial charge in [-0.15, -0.1) is 0 Å². The summed E-state index contributed by atoms with van der Waals surface area (Å²) in [6, 6.07) is 16.9. The minimum absolute atomic E-state index is 0.0240. The van der Waals surface area contributed by atoms with Crippen molar-refractivity contribution < 1.29 is 29.1 Å². The van der Waals surface area contributed by atoms with E-state index in [-0.39, 0.29) is 37.2 Å². The predicted octanol–water partition coefficient (Wildman–Crippen LogP) is 1.18. The number of amides is 1. The second kappa shape index (κ2) is 14.1. The number of rotatable bonds is 13. The van der Waals surface area contributed by atoms with Crippen molar-refractivity contribution in [3.05, 3.63) is 71.8 Å². The number of hydrogen-bond acceptors (Lipinski definition) is 12. The van der Waals surface area contributed by atoms with E-state index in [0.717, 1.165) is 11.1 Å². The van der Waals surface area contributed by atoms with Crippen molar-refractivity contribution in [1.29, 1.82) is 0 Å². The van der Waals surface area contributed by atoms with E-state index in [2.05, 4.69) is 30.9 Å². The maximum absolute atomic E-state index is 12.5. The maximum Gasteiger partial charge on any atom is 0.328 e. The lowest BCUT2D eigenvalue weighted by Crippen LogP contribution is -2.35. The molecule has 1 amide bonds. The smallest absolute Gasteiger partial charge is 0.328 e. The SMILES string of the molecule is COC(=O)[C@H](Cc1ccccc1)Nc1nc(NCC(=O)NO)nc(N[C@H](Cc2ccccc2)C(=O)OC)n1. The van der Waals surface area contributed by atoms with Crippen LogP contribution in [0.3, 0.4) is 0 Å². The second-order valence-corrected chi connectivity index (χ2v) is 8.01. The van der Waals surface area contributed by atoms with Gasteiger partial charge in [0.1, 0.15) is 12.1 Å². The van der Waals surface area contributed by atoms with Gasteiger partial charge in [0.2, 0.25) is 17.8 Å². The van der Waals surface area contributed by atoms with Crippen LogP contribution >= 0.6 is 0 Å². The van der Waals surface area contributed by atoms with E-state index >= 15 is 0 Å². The van der Waals surface area contributed by atoms with Crippen molar-refractivity contribution in [3.8, 4) is 0 Å². The number of nitrogens with one attached hydrogen (secondary N) is 4. The van der Waals surface area contributed by atoms with Crippen molar-refractivity contribution in [3.63, 3.8) is 0 Å². The van der Waals surface area contributed by atoms with Crippen LogP contribution in [-0.4, -0.2) is 70.9 Å². The predicted molar refractivity (Wildman–Crippen MR) is 137 cm³/mol. The summed E-state index contributed by atoms with van der Waals surface area (Å²) in [5, 5.41) is 17.3. The first kappa shape index (κ1) is 27.8. The highest BCUT2D eigenvalue weighted by Crippen LogP contribution is 2.16. The Bertz CT molecular complexity index is 1130. The van der Waals surface area contributed by atoms with E-state index < -0.39 is 29.9 Å². The lowest BCUT2D eigenvalue weighted by atomic mass is 10.1. The lowest BCUT2D eigenvalue weighted by Gasteiger charge is -2.19. The van der Waals surface area contributed by atoms with Crippen LogP contribution in [0.1, 0.15) is 11.1 Å². The van der Waals surface area contributed by atoms with Gasteiger partial charge in [-0.2, -0.15) is 15.0 Å². The zero-order valence-electron chi connectivity index (χ0n) is 20.9. The summed E-state index contributed by atoms with van der Waals surface area (Å²) >= 11 is 0. The van der Waals surface area contributed by atoms with Crippen molar-refractivity contribution in [2.24, 2.45) is 0 Å². The van der Waals surface area contributed by atoms with Gasteiger partial charge in [-0.25, -0.2) is 15.1 Å². The van der Waals surface area contributed by atoms with Gasteiger partial charge in [0.25, 0.3) is 5.91 Å². The Kier molecular flexibility index (Phi) is 10.3. The first-order valence-electron chi connectivity index (χ1n) is 11.6. The van der Waals surface area contributed by atoms with E-state index in [1.165, 1.54) is 19.7 Å². The van der Waals surface area contributed by atoms with Crippen LogP contribution < -0.4 is 21.4 Å². The summed E-state index contributed by atoms with van der Waals surface area (Å²) in [4.78, 5) is 49.3. The molecule has 200 valence electrons.